The Morgan fingerprint density at radius 2 is 1.88 bits per heavy atom. The molecule has 6 heteroatoms. The number of aliphatic hydroxyl groups is 1. The summed E-state index contributed by atoms with van der Waals surface area (Å²) in [7, 11) is -0.622. The molecule has 16 heavy (non-hydrogen) atoms. The zero-order valence-electron chi connectivity index (χ0n) is 9.29. The van der Waals surface area contributed by atoms with E-state index in [0.717, 1.165) is 4.31 Å². The van der Waals surface area contributed by atoms with Crippen molar-refractivity contribution in [3.63, 3.8) is 0 Å². The number of aliphatic hydroxyl groups excluding tert-OH is 1. The number of benzene rings is 1. The molecule has 5 nitrogen and oxygen atoms in total. The first-order chi connectivity index (χ1) is 7.43. The molecule has 0 saturated carbocycles. The van der Waals surface area contributed by atoms with Gasteiger partial charge in [0.15, 0.2) is 0 Å². The van der Waals surface area contributed by atoms with Gasteiger partial charge in [0, 0.05) is 20.6 Å². The maximum Gasteiger partial charge on any atom is 0.279 e. The summed E-state index contributed by atoms with van der Waals surface area (Å²) in [4.78, 5) is 0. The van der Waals surface area contributed by atoms with Crippen molar-refractivity contribution in [1.82, 2.24) is 9.03 Å². The van der Waals surface area contributed by atoms with Crippen LogP contribution in [-0.4, -0.2) is 38.5 Å². The fraction of sp³-hybridized carbons (Fsp3) is 0.400. The van der Waals surface area contributed by atoms with Crippen LogP contribution in [0, 0.1) is 0 Å². The predicted molar refractivity (Wildman–Crippen MR) is 62.0 cm³/mol. The van der Waals surface area contributed by atoms with E-state index in [1.807, 2.05) is 6.07 Å². The predicted octanol–water partition coefficient (Wildman–Crippen LogP) is 0.116. The van der Waals surface area contributed by atoms with Crippen LogP contribution in [0.5, 0.6) is 0 Å². The lowest BCUT2D eigenvalue weighted by Crippen LogP contribution is -2.37. The Bertz CT molecular complexity index is 417. The second kappa shape index (κ2) is 5.40. The van der Waals surface area contributed by atoms with Gasteiger partial charge in [-0.2, -0.15) is 17.4 Å². The van der Waals surface area contributed by atoms with Crippen LogP contribution in [0.15, 0.2) is 30.3 Å². The Kier molecular flexibility index (Phi) is 4.43. The number of hydrogen-bond acceptors (Lipinski definition) is 3. The van der Waals surface area contributed by atoms with Gasteiger partial charge in [0.05, 0.1) is 6.10 Å². The molecule has 0 saturated heterocycles. The number of rotatable bonds is 5. The second-order valence-corrected chi connectivity index (χ2v) is 5.53. The Hall–Kier alpha value is -0.950. The van der Waals surface area contributed by atoms with Gasteiger partial charge in [-0.3, -0.25) is 0 Å². The van der Waals surface area contributed by atoms with E-state index in [1.54, 1.807) is 24.3 Å². The first-order valence-corrected chi connectivity index (χ1v) is 6.27. The fourth-order valence-electron chi connectivity index (χ4n) is 1.11. The normalized spacial score (nSPS) is 14.0. The van der Waals surface area contributed by atoms with E-state index >= 15 is 0 Å². The first-order valence-electron chi connectivity index (χ1n) is 4.83. The van der Waals surface area contributed by atoms with Crippen LogP contribution < -0.4 is 4.72 Å². The molecule has 0 heterocycles. The van der Waals surface area contributed by atoms with Crippen molar-refractivity contribution in [3.8, 4) is 0 Å². The van der Waals surface area contributed by atoms with Gasteiger partial charge in [-0.15, -0.1) is 0 Å². The molecular weight excluding hydrogens is 228 g/mol. The summed E-state index contributed by atoms with van der Waals surface area (Å²) in [6.45, 7) is -0.0372. The van der Waals surface area contributed by atoms with E-state index < -0.39 is 16.3 Å². The lowest BCUT2D eigenvalue weighted by atomic mass is 10.1. The zero-order valence-corrected chi connectivity index (χ0v) is 10.1. The minimum Gasteiger partial charge on any atom is -0.387 e. The molecular formula is C10H16N2O3S. The molecule has 0 bridgehead atoms. The molecule has 1 aromatic rings. The third kappa shape index (κ3) is 3.57. The monoisotopic (exact) mass is 244 g/mol. The Labute approximate surface area is 95.9 Å². The van der Waals surface area contributed by atoms with Crippen LogP contribution in [-0.2, 0) is 10.2 Å². The maximum absolute atomic E-state index is 11.4. The number of nitrogens with zero attached hydrogens (tertiary/aromatic N) is 1. The molecule has 1 rings (SSSR count). The standard InChI is InChI=1S/C10H16N2O3S/c1-12(2)16(14,15)11-8-10(13)9-6-4-3-5-7-9/h3-7,10-11,13H,8H2,1-2H3. The van der Waals surface area contributed by atoms with E-state index in [4.69, 9.17) is 0 Å². The Morgan fingerprint density at radius 3 is 2.38 bits per heavy atom. The number of nitrogens with one attached hydrogen (secondary N) is 1. The highest BCUT2D eigenvalue weighted by atomic mass is 32.2. The topological polar surface area (TPSA) is 69.6 Å². The lowest BCUT2D eigenvalue weighted by Gasteiger charge is -2.15. The summed E-state index contributed by atoms with van der Waals surface area (Å²) in [5, 5.41) is 9.72. The highest BCUT2D eigenvalue weighted by molar-refractivity contribution is 7.87. The molecule has 0 fully saturated rings. The first kappa shape index (κ1) is 13.1. The average Bonchev–Trinajstić information content (AvgIpc) is 2.27. The van der Waals surface area contributed by atoms with Crippen molar-refractivity contribution in [2.24, 2.45) is 0 Å². The van der Waals surface area contributed by atoms with Crippen LogP contribution in [0.3, 0.4) is 0 Å². The van der Waals surface area contributed by atoms with Crippen LogP contribution in [0.4, 0.5) is 0 Å². The summed E-state index contributed by atoms with van der Waals surface area (Å²) in [5.74, 6) is 0. The van der Waals surface area contributed by atoms with Gasteiger partial charge >= 0.3 is 0 Å². The molecule has 90 valence electrons. The van der Waals surface area contributed by atoms with Crippen LogP contribution in [0.2, 0.25) is 0 Å². The van der Waals surface area contributed by atoms with Crippen LogP contribution in [0.25, 0.3) is 0 Å². The summed E-state index contributed by atoms with van der Waals surface area (Å²) in [5.41, 5.74) is 0.684. The third-order valence-corrected chi connectivity index (χ3v) is 3.62. The quantitative estimate of drug-likeness (QED) is 0.772. The van der Waals surface area contributed by atoms with Crippen molar-refractivity contribution >= 4 is 10.2 Å². The minimum absolute atomic E-state index is 0.0372. The lowest BCUT2D eigenvalue weighted by molar-refractivity contribution is 0.181. The third-order valence-electron chi connectivity index (χ3n) is 2.12. The van der Waals surface area contributed by atoms with Crippen molar-refractivity contribution < 1.29 is 13.5 Å². The summed E-state index contributed by atoms with van der Waals surface area (Å²) in [6.07, 6.45) is -0.837. The average molecular weight is 244 g/mol. The fourth-order valence-corrected chi connectivity index (χ4v) is 1.73. The number of hydrogen-bond donors (Lipinski definition) is 2. The summed E-state index contributed by atoms with van der Waals surface area (Å²) in [6, 6.07) is 8.90. The van der Waals surface area contributed by atoms with Gasteiger partial charge in [0.2, 0.25) is 0 Å². The smallest absolute Gasteiger partial charge is 0.279 e. The second-order valence-electron chi connectivity index (χ2n) is 3.56. The molecule has 1 atom stereocenters. The SMILES string of the molecule is CN(C)S(=O)(=O)NCC(O)c1ccccc1. The molecule has 0 radical (unpaired) electrons. The Morgan fingerprint density at radius 1 is 1.31 bits per heavy atom. The highest BCUT2D eigenvalue weighted by Gasteiger charge is 2.15. The molecule has 0 aliphatic rings. The molecule has 0 aliphatic heterocycles. The van der Waals surface area contributed by atoms with Gasteiger partial charge in [-0.25, -0.2) is 0 Å². The summed E-state index contributed by atoms with van der Waals surface area (Å²) < 4.78 is 26.1. The molecule has 0 aromatic heterocycles. The van der Waals surface area contributed by atoms with Crippen LogP contribution in [0.1, 0.15) is 11.7 Å². The molecule has 1 unspecified atom stereocenters. The van der Waals surface area contributed by atoms with Gasteiger partial charge in [-0.05, 0) is 5.56 Å². The van der Waals surface area contributed by atoms with Gasteiger partial charge in [0.25, 0.3) is 10.2 Å². The minimum atomic E-state index is -3.48. The van der Waals surface area contributed by atoms with Gasteiger partial charge in [-0.1, -0.05) is 30.3 Å². The van der Waals surface area contributed by atoms with Gasteiger partial charge < -0.3 is 5.11 Å². The van der Waals surface area contributed by atoms with E-state index in [-0.39, 0.29) is 6.54 Å². The summed E-state index contributed by atoms with van der Waals surface area (Å²) >= 11 is 0. The van der Waals surface area contributed by atoms with Crippen molar-refractivity contribution in [1.29, 1.82) is 0 Å². The molecule has 2 N–H and O–H groups in total. The molecule has 0 spiro atoms. The van der Waals surface area contributed by atoms with E-state index in [2.05, 4.69) is 4.72 Å². The van der Waals surface area contributed by atoms with Gasteiger partial charge in [0.1, 0.15) is 0 Å². The Balaban J connectivity index is 2.58. The maximum atomic E-state index is 11.4. The van der Waals surface area contributed by atoms with E-state index in [0.29, 0.717) is 5.56 Å². The molecule has 1 aromatic carbocycles. The van der Waals surface area contributed by atoms with Crippen molar-refractivity contribution in [3.05, 3.63) is 35.9 Å². The van der Waals surface area contributed by atoms with E-state index in [9.17, 15) is 13.5 Å². The van der Waals surface area contributed by atoms with Crippen molar-refractivity contribution in [2.45, 2.75) is 6.10 Å². The molecule has 0 aliphatic carbocycles. The van der Waals surface area contributed by atoms with E-state index in [1.165, 1.54) is 14.1 Å². The van der Waals surface area contributed by atoms with Crippen molar-refractivity contribution in [2.75, 3.05) is 20.6 Å². The largest absolute Gasteiger partial charge is 0.387 e. The van der Waals surface area contributed by atoms with Crippen LogP contribution >= 0.6 is 0 Å². The zero-order chi connectivity index (χ0) is 12.2. The highest BCUT2D eigenvalue weighted by Crippen LogP contribution is 2.10. The molecule has 0 amide bonds.